The molecule has 4 rings (SSSR count). The van der Waals surface area contributed by atoms with Gasteiger partial charge in [0.1, 0.15) is 0 Å². The molecular weight excluding hydrogens is 436 g/mol. The van der Waals surface area contributed by atoms with Crippen LogP contribution in [0.15, 0.2) is 78.9 Å². The zero-order valence-electron chi connectivity index (χ0n) is 21.0. The maximum atomic E-state index is 11.3. The van der Waals surface area contributed by atoms with Crippen molar-refractivity contribution in [3.8, 4) is 22.4 Å². The van der Waals surface area contributed by atoms with E-state index >= 15 is 0 Å². The minimum Gasteiger partial charge on any atom is -0.390 e. The summed E-state index contributed by atoms with van der Waals surface area (Å²) in [6.07, 6.45) is -0.549. The second kappa shape index (κ2) is 12.1. The molecule has 0 aliphatic carbocycles. The zero-order valence-corrected chi connectivity index (χ0v) is 21.0. The van der Waals surface area contributed by atoms with E-state index in [0.29, 0.717) is 26.3 Å². The summed E-state index contributed by atoms with van der Waals surface area (Å²) in [5, 5.41) is 12.5. The van der Waals surface area contributed by atoms with Crippen LogP contribution in [0.2, 0.25) is 0 Å². The molecule has 0 spiro atoms. The Labute approximate surface area is 208 Å². The van der Waals surface area contributed by atoms with Gasteiger partial charge in [0.2, 0.25) is 0 Å². The molecule has 0 unspecified atom stereocenters. The second-order valence-electron chi connectivity index (χ2n) is 9.03. The Bertz CT molecular complexity index is 1200. The predicted octanol–water partition coefficient (Wildman–Crippen LogP) is 5.24. The highest BCUT2D eigenvalue weighted by Gasteiger charge is 2.22. The SMILES string of the molecule is COCCN(CCOC)C[C@@H](O)Cn1c(-c2ccccc2)c(-c2ccccc2)c2cc(C)ccc21. The highest BCUT2D eigenvalue weighted by Crippen LogP contribution is 2.41. The smallest absolute Gasteiger partial charge is 0.0846 e. The standard InChI is InChI=1S/C30H36N2O3/c1-23-14-15-28-27(20-23)29(24-10-6-4-7-11-24)30(25-12-8-5-9-13-25)32(28)22-26(33)21-31(16-18-34-2)17-19-35-3/h4-15,20,26,33H,16-19,21-22H2,1-3H3/t26-/m1/s1. The molecule has 0 saturated heterocycles. The van der Waals surface area contributed by atoms with Crippen molar-refractivity contribution >= 4 is 10.9 Å². The molecule has 5 nitrogen and oxygen atoms in total. The lowest BCUT2D eigenvalue weighted by Crippen LogP contribution is -2.38. The molecule has 0 saturated carbocycles. The number of aliphatic hydroxyl groups is 1. The molecule has 1 atom stereocenters. The lowest BCUT2D eigenvalue weighted by atomic mass is 9.98. The maximum Gasteiger partial charge on any atom is 0.0846 e. The first-order chi connectivity index (χ1) is 17.1. The van der Waals surface area contributed by atoms with Crippen molar-refractivity contribution in [2.45, 2.75) is 19.6 Å². The number of nitrogens with zero attached hydrogens (tertiary/aromatic N) is 2. The fourth-order valence-electron chi connectivity index (χ4n) is 4.75. The van der Waals surface area contributed by atoms with Gasteiger partial charge in [0, 0.05) is 50.3 Å². The molecule has 1 N–H and O–H groups in total. The van der Waals surface area contributed by atoms with Gasteiger partial charge in [-0.15, -0.1) is 0 Å². The Morgan fingerprint density at radius 1 is 0.829 bits per heavy atom. The number of hydrogen-bond acceptors (Lipinski definition) is 4. The van der Waals surface area contributed by atoms with Crippen LogP contribution in [0.1, 0.15) is 5.56 Å². The predicted molar refractivity (Wildman–Crippen MR) is 144 cm³/mol. The summed E-state index contributed by atoms with van der Waals surface area (Å²) in [6.45, 7) is 5.92. The van der Waals surface area contributed by atoms with Crippen molar-refractivity contribution in [2.75, 3.05) is 47.1 Å². The summed E-state index contributed by atoms with van der Waals surface area (Å²) in [5.41, 5.74) is 7.01. The molecule has 3 aromatic carbocycles. The fourth-order valence-corrected chi connectivity index (χ4v) is 4.75. The molecule has 5 heteroatoms. The number of aryl methyl sites for hydroxylation is 1. The van der Waals surface area contributed by atoms with Gasteiger partial charge in [-0.2, -0.15) is 0 Å². The summed E-state index contributed by atoms with van der Waals surface area (Å²) in [4.78, 5) is 2.20. The van der Waals surface area contributed by atoms with Crippen molar-refractivity contribution in [3.05, 3.63) is 84.4 Å². The average molecular weight is 473 g/mol. The van der Waals surface area contributed by atoms with E-state index in [1.54, 1.807) is 14.2 Å². The van der Waals surface area contributed by atoms with Crippen LogP contribution >= 0.6 is 0 Å². The topological polar surface area (TPSA) is 46.9 Å². The third-order valence-electron chi connectivity index (χ3n) is 6.41. The van der Waals surface area contributed by atoms with Crippen molar-refractivity contribution in [2.24, 2.45) is 0 Å². The average Bonchev–Trinajstić information content (AvgIpc) is 3.19. The summed E-state index contributed by atoms with van der Waals surface area (Å²) < 4.78 is 12.9. The molecule has 1 heterocycles. The lowest BCUT2D eigenvalue weighted by Gasteiger charge is -2.25. The summed E-state index contributed by atoms with van der Waals surface area (Å²) in [5.74, 6) is 0. The molecule has 0 fully saturated rings. The Kier molecular flexibility index (Phi) is 8.72. The van der Waals surface area contributed by atoms with Gasteiger partial charge in [0.25, 0.3) is 0 Å². The Morgan fingerprint density at radius 3 is 2.03 bits per heavy atom. The number of fused-ring (bicyclic) bond motifs is 1. The second-order valence-corrected chi connectivity index (χ2v) is 9.03. The van der Waals surface area contributed by atoms with E-state index in [9.17, 15) is 5.11 Å². The van der Waals surface area contributed by atoms with Gasteiger partial charge >= 0.3 is 0 Å². The van der Waals surface area contributed by atoms with Gasteiger partial charge in [-0.05, 0) is 30.2 Å². The first-order valence-electron chi connectivity index (χ1n) is 12.2. The maximum absolute atomic E-state index is 11.3. The van der Waals surface area contributed by atoms with Crippen molar-refractivity contribution in [1.29, 1.82) is 0 Å². The van der Waals surface area contributed by atoms with E-state index in [0.717, 1.165) is 29.9 Å². The molecule has 0 radical (unpaired) electrons. The van der Waals surface area contributed by atoms with Crippen LogP contribution in [0.3, 0.4) is 0 Å². The Balaban J connectivity index is 1.80. The first kappa shape index (κ1) is 25.1. The number of benzene rings is 3. The number of rotatable bonds is 12. The molecule has 0 aliphatic rings. The summed E-state index contributed by atoms with van der Waals surface area (Å²) in [6, 6.07) is 27.6. The fraction of sp³-hybridized carbons (Fsp3) is 0.333. The van der Waals surface area contributed by atoms with E-state index < -0.39 is 6.10 Å². The molecule has 1 aromatic heterocycles. The van der Waals surface area contributed by atoms with Crippen molar-refractivity contribution < 1.29 is 14.6 Å². The van der Waals surface area contributed by atoms with Crippen LogP contribution in [-0.2, 0) is 16.0 Å². The highest BCUT2D eigenvalue weighted by molar-refractivity contribution is 6.04. The van der Waals surface area contributed by atoms with Crippen LogP contribution in [0.25, 0.3) is 33.3 Å². The third kappa shape index (κ3) is 6.00. The molecular formula is C30H36N2O3. The van der Waals surface area contributed by atoms with Crippen LogP contribution in [0.4, 0.5) is 0 Å². The van der Waals surface area contributed by atoms with Crippen LogP contribution in [0, 0.1) is 6.92 Å². The summed E-state index contributed by atoms with van der Waals surface area (Å²) in [7, 11) is 3.41. The number of methoxy groups -OCH3 is 2. The van der Waals surface area contributed by atoms with Crippen LogP contribution < -0.4 is 0 Å². The van der Waals surface area contributed by atoms with Gasteiger partial charge in [-0.1, -0.05) is 72.3 Å². The minimum absolute atomic E-state index is 0.493. The van der Waals surface area contributed by atoms with E-state index in [4.69, 9.17) is 9.47 Å². The molecule has 0 amide bonds. The van der Waals surface area contributed by atoms with E-state index in [2.05, 4.69) is 89.2 Å². The Hall–Kier alpha value is -2.96. The van der Waals surface area contributed by atoms with Crippen LogP contribution in [-0.4, -0.2) is 67.7 Å². The Morgan fingerprint density at radius 2 is 1.43 bits per heavy atom. The number of hydrogen-bond donors (Lipinski definition) is 1. The molecule has 35 heavy (non-hydrogen) atoms. The van der Waals surface area contributed by atoms with E-state index in [1.165, 1.54) is 22.1 Å². The van der Waals surface area contributed by atoms with Gasteiger partial charge in [-0.3, -0.25) is 4.90 Å². The summed E-state index contributed by atoms with van der Waals surface area (Å²) >= 11 is 0. The number of ether oxygens (including phenoxy) is 2. The molecule has 0 aliphatic heterocycles. The third-order valence-corrected chi connectivity index (χ3v) is 6.41. The van der Waals surface area contributed by atoms with Gasteiger partial charge in [0.05, 0.1) is 31.6 Å². The molecule has 0 bridgehead atoms. The number of aliphatic hydroxyl groups excluding tert-OH is 1. The van der Waals surface area contributed by atoms with Gasteiger partial charge in [0.15, 0.2) is 0 Å². The normalized spacial score (nSPS) is 12.5. The zero-order chi connectivity index (χ0) is 24.6. The minimum atomic E-state index is -0.549. The first-order valence-corrected chi connectivity index (χ1v) is 12.2. The largest absolute Gasteiger partial charge is 0.390 e. The quantitative estimate of drug-likeness (QED) is 0.306. The monoisotopic (exact) mass is 472 g/mol. The highest BCUT2D eigenvalue weighted by atomic mass is 16.5. The van der Waals surface area contributed by atoms with E-state index in [-0.39, 0.29) is 0 Å². The van der Waals surface area contributed by atoms with Gasteiger partial charge < -0.3 is 19.1 Å². The van der Waals surface area contributed by atoms with Crippen LogP contribution in [0.5, 0.6) is 0 Å². The van der Waals surface area contributed by atoms with Gasteiger partial charge in [-0.25, -0.2) is 0 Å². The van der Waals surface area contributed by atoms with Crippen molar-refractivity contribution in [1.82, 2.24) is 9.47 Å². The lowest BCUT2D eigenvalue weighted by molar-refractivity contribution is 0.0634. The molecule has 4 aromatic rings. The molecule has 184 valence electrons. The number of aromatic nitrogens is 1. The van der Waals surface area contributed by atoms with Crippen molar-refractivity contribution in [3.63, 3.8) is 0 Å². The van der Waals surface area contributed by atoms with E-state index in [1.807, 2.05) is 6.07 Å².